The molecule has 0 radical (unpaired) electrons. The van der Waals surface area contributed by atoms with Gasteiger partial charge in [0.15, 0.2) is 5.82 Å². The van der Waals surface area contributed by atoms with E-state index in [-0.39, 0.29) is 11.6 Å². The molecule has 4 rings (SSSR count). The van der Waals surface area contributed by atoms with Gasteiger partial charge >= 0.3 is 6.18 Å². The number of hydrogen-bond donors (Lipinski definition) is 1. The minimum absolute atomic E-state index is 0.222. The molecule has 0 spiro atoms. The van der Waals surface area contributed by atoms with E-state index < -0.39 is 17.4 Å². The summed E-state index contributed by atoms with van der Waals surface area (Å²) in [6.45, 7) is 0. The van der Waals surface area contributed by atoms with E-state index in [2.05, 4.69) is 15.2 Å². The monoisotopic (exact) mass is 363 g/mol. The highest BCUT2D eigenvalue weighted by atomic mass is 19.4. The van der Waals surface area contributed by atoms with Crippen LogP contribution >= 0.6 is 0 Å². The van der Waals surface area contributed by atoms with Crippen molar-refractivity contribution in [1.29, 1.82) is 0 Å². The van der Waals surface area contributed by atoms with Gasteiger partial charge in [0.05, 0.1) is 17.4 Å². The Bertz CT molecular complexity index is 924. The van der Waals surface area contributed by atoms with Crippen molar-refractivity contribution in [2.24, 2.45) is 5.73 Å². The maximum atomic E-state index is 13.1. The van der Waals surface area contributed by atoms with Crippen LogP contribution in [0.15, 0.2) is 41.1 Å². The minimum Gasteiger partial charge on any atom is -0.334 e. The van der Waals surface area contributed by atoms with Gasteiger partial charge in [0.2, 0.25) is 0 Å². The van der Waals surface area contributed by atoms with Crippen LogP contribution in [0.2, 0.25) is 0 Å². The number of alkyl halides is 3. The Kier molecular flexibility index (Phi) is 3.83. The second-order valence-corrected chi connectivity index (χ2v) is 6.46. The van der Waals surface area contributed by atoms with Gasteiger partial charge in [-0.25, -0.2) is 4.68 Å². The van der Waals surface area contributed by atoms with E-state index in [0.29, 0.717) is 11.4 Å². The number of benzene rings is 1. The third-order valence-electron chi connectivity index (χ3n) is 4.64. The van der Waals surface area contributed by atoms with Crippen LogP contribution in [0.5, 0.6) is 0 Å². The first kappa shape index (κ1) is 16.8. The summed E-state index contributed by atoms with van der Waals surface area (Å²) in [5, 5.41) is 7.76. The van der Waals surface area contributed by atoms with E-state index in [1.165, 1.54) is 12.1 Å². The molecule has 0 amide bonds. The molecule has 1 fully saturated rings. The van der Waals surface area contributed by atoms with Gasteiger partial charge in [-0.2, -0.15) is 23.3 Å². The lowest BCUT2D eigenvalue weighted by atomic mass is 9.99. The zero-order chi connectivity index (χ0) is 18.4. The van der Waals surface area contributed by atoms with Crippen LogP contribution in [0.1, 0.15) is 37.2 Å². The highest BCUT2D eigenvalue weighted by Gasteiger charge is 2.37. The molecule has 0 saturated heterocycles. The standard InChI is InChI=1S/C17H16F3N5O/c18-17(19,20)13-6-9-22-25(13)12-5-3-4-11(10-12)14-23-15(24-26-14)16(21)7-1-2-8-16/h3-6,9-10H,1-2,7-8,21H2. The van der Waals surface area contributed by atoms with Crippen LogP contribution in [-0.2, 0) is 11.7 Å². The summed E-state index contributed by atoms with van der Waals surface area (Å²) in [4.78, 5) is 4.37. The van der Waals surface area contributed by atoms with Gasteiger partial charge in [-0.15, -0.1) is 0 Å². The summed E-state index contributed by atoms with van der Waals surface area (Å²) < 4.78 is 45.4. The predicted octanol–water partition coefficient (Wildman–Crippen LogP) is 3.67. The van der Waals surface area contributed by atoms with E-state index in [9.17, 15) is 13.2 Å². The summed E-state index contributed by atoms with van der Waals surface area (Å²) in [5.41, 5.74) is 5.63. The largest absolute Gasteiger partial charge is 0.433 e. The highest BCUT2D eigenvalue weighted by Crippen LogP contribution is 2.36. The molecule has 2 aromatic heterocycles. The predicted molar refractivity (Wildman–Crippen MR) is 86.2 cm³/mol. The van der Waals surface area contributed by atoms with Crippen molar-refractivity contribution in [3.8, 4) is 17.1 Å². The number of nitrogens with zero attached hydrogens (tertiary/aromatic N) is 4. The summed E-state index contributed by atoms with van der Waals surface area (Å²) in [6.07, 6.45) is 0.199. The van der Waals surface area contributed by atoms with Crippen molar-refractivity contribution in [1.82, 2.24) is 19.9 Å². The fourth-order valence-electron chi connectivity index (χ4n) is 3.27. The van der Waals surface area contributed by atoms with Gasteiger partial charge in [-0.3, -0.25) is 0 Å². The number of aromatic nitrogens is 4. The van der Waals surface area contributed by atoms with Gasteiger partial charge in [-0.1, -0.05) is 24.1 Å². The lowest BCUT2D eigenvalue weighted by molar-refractivity contribution is -0.142. The van der Waals surface area contributed by atoms with Gasteiger partial charge < -0.3 is 10.3 Å². The van der Waals surface area contributed by atoms with Crippen LogP contribution in [0.4, 0.5) is 13.2 Å². The van der Waals surface area contributed by atoms with Gasteiger partial charge in [-0.05, 0) is 37.1 Å². The van der Waals surface area contributed by atoms with Crippen LogP contribution in [0, 0.1) is 0 Å². The third kappa shape index (κ3) is 2.88. The van der Waals surface area contributed by atoms with E-state index in [4.69, 9.17) is 10.3 Å². The first-order valence-corrected chi connectivity index (χ1v) is 8.22. The molecule has 3 aromatic rings. The number of hydrogen-bond acceptors (Lipinski definition) is 5. The molecule has 9 heteroatoms. The van der Waals surface area contributed by atoms with Crippen LogP contribution in [0.25, 0.3) is 17.1 Å². The molecule has 1 aliphatic carbocycles. The Balaban J connectivity index is 1.69. The van der Waals surface area contributed by atoms with Crippen LogP contribution < -0.4 is 5.73 Å². The fraction of sp³-hybridized carbons (Fsp3) is 0.353. The average molecular weight is 363 g/mol. The second kappa shape index (κ2) is 5.94. The topological polar surface area (TPSA) is 82.8 Å². The van der Waals surface area contributed by atoms with Gasteiger partial charge in [0.25, 0.3) is 5.89 Å². The molecule has 2 heterocycles. The zero-order valence-electron chi connectivity index (χ0n) is 13.7. The number of rotatable bonds is 3. The minimum atomic E-state index is -4.50. The van der Waals surface area contributed by atoms with Crippen LogP contribution in [-0.4, -0.2) is 19.9 Å². The second-order valence-electron chi connectivity index (χ2n) is 6.46. The van der Waals surface area contributed by atoms with Gasteiger partial charge in [0, 0.05) is 5.56 Å². The lowest BCUT2D eigenvalue weighted by Crippen LogP contribution is -2.34. The van der Waals surface area contributed by atoms with E-state index in [0.717, 1.165) is 42.6 Å². The molecular weight excluding hydrogens is 347 g/mol. The number of nitrogens with two attached hydrogens (primary N) is 1. The molecule has 0 bridgehead atoms. The van der Waals surface area contributed by atoms with Gasteiger partial charge in [0.1, 0.15) is 5.69 Å². The molecule has 0 aliphatic heterocycles. The summed E-state index contributed by atoms with van der Waals surface area (Å²) in [5.74, 6) is 0.657. The van der Waals surface area contributed by atoms with E-state index >= 15 is 0 Å². The van der Waals surface area contributed by atoms with Crippen molar-refractivity contribution in [2.45, 2.75) is 37.4 Å². The van der Waals surface area contributed by atoms with Crippen molar-refractivity contribution in [3.63, 3.8) is 0 Å². The Labute approximate surface area is 146 Å². The molecule has 0 unspecified atom stereocenters. The van der Waals surface area contributed by atoms with E-state index in [1.807, 2.05) is 0 Å². The Hall–Kier alpha value is -2.68. The first-order chi connectivity index (χ1) is 12.4. The Morgan fingerprint density at radius 2 is 1.92 bits per heavy atom. The fourth-order valence-corrected chi connectivity index (χ4v) is 3.27. The van der Waals surface area contributed by atoms with Crippen molar-refractivity contribution in [2.75, 3.05) is 0 Å². The lowest BCUT2D eigenvalue weighted by Gasteiger charge is -2.17. The van der Waals surface area contributed by atoms with E-state index in [1.54, 1.807) is 12.1 Å². The zero-order valence-corrected chi connectivity index (χ0v) is 13.7. The summed E-state index contributed by atoms with van der Waals surface area (Å²) in [7, 11) is 0. The first-order valence-electron chi connectivity index (χ1n) is 8.22. The summed E-state index contributed by atoms with van der Waals surface area (Å²) >= 11 is 0. The number of halogens is 3. The maximum absolute atomic E-state index is 13.1. The Morgan fingerprint density at radius 3 is 2.65 bits per heavy atom. The summed E-state index contributed by atoms with van der Waals surface area (Å²) in [6, 6.07) is 7.29. The average Bonchev–Trinajstić information content (AvgIpc) is 3.34. The molecule has 136 valence electrons. The Morgan fingerprint density at radius 1 is 1.15 bits per heavy atom. The molecule has 6 nitrogen and oxygen atoms in total. The molecule has 26 heavy (non-hydrogen) atoms. The molecule has 1 aromatic carbocycles. The normalized spacial score (nSPS) is 16.9. The molecule has 0 atom stereocenters. The van der Waals surface area contributed by atoms with Crippen molar-refractivity contribution >= 4 is 0 Å². The SMILES string of the molecule is NC1(c2noc(-c3cccc(-n4nccc4C(F)(F)F)c3)n2)CCCC1. The van der Waals surface area contributed by atoms with Crippen molar-refractivity contribution < 1.29 is 17.7 Å². The molecule has 1 aliphatic rings. The van der Waals surface area contributed by atoms with Crippen molar-refractivity contribution in [3.05, 3.63) is 48.0 Å². The molecular formula is C17H16F3N5O. The third-order valence-corrected chi connectivity index (χ3v) is 4.64. The quantitative estimate of drug-likeness (QED) is 0.768. The molecule has 2 N–H and O–H groups in total. The highest BCUT2D eigenvalue weighted by molar-refractivity contribution is 5.57. The maximum Gasteiger partial charge on any atom is 0.433 e. The van der Waals surface area contributed by atoms with Crippen LogP contribution in [0.3, 0.4) is 0 Å². The molecule has 1 saturated carbocycles. The smallest absolute Gasteiger partial charge is 0.334 e.